The number of benzene rings is 1. The summed E-state index contributed by atoms with van der Waals surface area (Å²) in [4.78, 5) is 6.42. The maximum atomic E-state index is 6.01. The summed E-state index contributed by atoms with van der Waals surface area (Å²) in [5.74, 6) is 0.531. The molecule has 1 aromatic carbocycles. The average Bonchev–Trinajstić information content (AvgIpc) is 2.31. The SMILES string of the molecule is CCN(C(N)=Nc1ccccc1)C(C)COC. The molecule has 0 amide bonds. The Balaban J connectivity index is 2.78. The van der Waals surface area contributed by atoms with Crippen molar-refractivity contribution >= 4 is 11.6 Å². The first-order chi connectivity index (χ1) is 8.19. The topological polar surface area (TPSA) is 50.8 Å². The fourth-order valence-electron chi connectivity index (χ4n) is 1.73. The molecule has 2 N–H and O–H groups in total. The zero-order valence-corrected chi connectivity index (χ0v) is 10.8. The van der Waals surface area contributed by atoms with Gasteiger partial charge in [0.15, 0.2) is 5.96 Å². The summed E-state index contributed by atoms with van der Waals surface area (Å²) in [6.07, 6.45) is 0. The van der Waals surface area contributed by atoms with E-state index in [-0.39, 0.29) is 6.04 Å². The number of rotatable bonds is 5. The molecule has 4 nitrogen and oxygen atoms in total. The number of hydrogen-bond acceptors (Lipinski definition) is 2. The molecule has 0 aromatic heterocycles. The summed E-state index contributed by atoms with van der Waals surface area (Å²) in [5.41, 5.74) is 6.88. The zero-order chi connectivity index (χ0) is 12.7. The van der Waals surface area contributed by atoms with Crippen LogP contribution in [0.1, 0.15) is 13.8 Å². The fraction of sp³-hybridized carbons (Fsp3) is 0.462. The van der Waals surface area contributed by atoms with Crippen LogP contribution in [0, 0.1) is 0 Å². The maximum absolute atomic E-state index is 6.01. The predicted octanol–water partition coefficient (Wildman–Crippen LogP) is 1.99. The van der Waals surface area contributed by atoms with Gasteiger partial charge in [0.25, 0.3) is 0 Å². The third-order valence-electron chi connectivity index (χ3n) is 2.57. The van der Waals surface area contributed by atoms with Gasteiger partial charge in [-0.3, -0.25) is 0 Å². The van der Waals surface area contributed by atoms with Crippen molar-refractivity contribution in [1.29, 1.82) is 0 Å². The summed E-state index contributed by atoms with van der Waals surface area (Å²) < 4.78 is 5.13. The standard InChI is InChI=1S/C13H21N3O/c1-4-16(11(2)10-17-3)13(14)15-12-8-6-5-7-9-12/h5-9,11H,4,10H2,1-3H3,(H2,14,15). The highest BCUT2D eigenvalue weighted by Gasteiger charge is 2.13. The van der Waals surface area contributed by atoms with Crippen LogP contribution < -0.4 is 5.73 Å². The van der Waals surface area contributed by atoms with Gasteiger partial charge < -0.3 is 15.4 Å². The summed E-state index contributed by atoms with van der Waals surface area (Å²) in [7, 11) is 1.69. The Morgan fingerprint density at radius 2 is 2.06 bits per heavy atom. The van der Waals surface area contributed by atoms with Gasteiger partial charge in [-0.25, -0.2) is 4.99 Å². The molecule has 17 heavy (non-hydrogen) atoms. The Hall–Kier alpha value is -1.55. The van der Waals surface area contributed by atoms with Crippen molar-refractivity contribution in [1.82, 2.24) is 4.90 Å². The van der Waals surface area contributed by atoms with Crippen molar-refractivity contribution in [3.05, 3.63) is 30.3 Å². The highest BCUT2D eigenvalue weighted by atomic mass is 16.5. The number of nitrogens with zero attached hydrogens (tertiary/aromatic N) is 2. The van der Waals surface area contributed by atoms with E-state index in [9.17, 15) is 0 Å². The van der Waals surface area contributed by atoms with Crippen molar-refractivity contribution in [2.45, 2.75) is 19.9 Å². The molecule has 0 aliphatic carbocycles. The largest absolute Gasteiger partial charge is 0.383 e. The van der Waals surface area contributed by atoms with Crippen LogP contribution in [0.4, 0.5) is 5.69 Å². The number of aliphatic imine (C=N–C) groups is 1. The summed E-state index contributed by atoms with van der Waals surface area (Å²) in [6, 6.07) is 9.93. The third kappa shape index (κ3) is 4.07. The van der Waals surface area contributed by atoms with Crippen molar-refractivity contribution in [2.24, 2.45) is 10.7 Å². The highest BCUT2D eigenvalue weighted by molar-refractivity contribution is 5.81. The number of nitrogens with two attached hydrogens (primary N) is 1. The van der Waals surface area contributed by atoms with Gasteiger partial charge in [-0.1, -0.05) is 18.2 Å². The van der Waals surface area contributed by atoms with Crippen molar-refractivity contribution in [2.75, 3.05) is 20.3 Å². The first-order valence-electron chi connectivity index (χ1n) is 5.83. The summed E-state index contributed by atoms with van der Waals surface area (Å²) >= 11 is 0. The van der Waals surface area contributed by atoms with Crippen LogP contribution >= 0.6 is 0 Å². The minimum Gasteiger partial charge on any atom is -0.383 e. The van der Waals surface area contributed by atoms with Gasteiger partial charge >= 0.3 is 0 Å². The lowest BCUT2D eigenvalue weighted by Gasteiger charge is -2.28. The Morgan fingerprint density at radius 3 is 2.59 bits per heavy atom. The van der Waals surface area contributed by atoms with Crippen LogP contribution in [0.25, 0.3) is 0 Å². The second-order valence-electron chi connectivity index (χ2n) is 3.90. The molecule has 94 valence electrons. The molecule has 1 atom stereocenters. The monoisotopic (exact) mass is 235 g/mol. The number of guanidine groups is 1. The third-order valence-corrected chi connectivity index (χ3v) is 2.57. The summed E-state index contributed by atoms with van der Waals surface area (Å²) in [5, 5.41) is 0. The first-order valence-corrected chi connectivity index (χ1v) is 5.83. The molecule has 0 radical (unpaired) electrons. The molecule has 0 bridgehead atoms. The Kier molecular flexibility index (Phi) is 5.49. The van der Waals surface area contributed by atoms with Crippen LogP contribution in [0.2, 0.25) is 0 Å². The van der Waals surface area contributed by atoms with Gasteiger partial charge in [0, 0.05) is 13.7 Å². The van der Waals surface area contributed by atoms with Gasteiger partial charge in [-0.2, -0.15) is 0 Å². The van der Waals surface area contributed by atoms with E-state index in [4.69, 9.17) is 10.5 Å². The fourth-order valence-corrected chi connectivity index (χ4v) is 1.73. The lowest BCUT2D eigenvalue weighted by atomic mass is 10.3. The number of para-hydroxylation sites is 1. The molecular weight excluding hydrogens is 214 g/mol. The number of hydrogen-bond donors (Lipinski definition) is 1. The second kappa shape index (κ2) is 6.91. The van der Waals surface area contributed by atoms with Gasteiger partial charge in [0.05, 0.1) is 18.3 Å². The molecule has 0 fully saturated rings. The van der Waals surface area contributed by atoms with Crippen molar-refractivity contribution in [3.8, 4) is 0 Å². The smallest absolute Gasteiger partial charge is 0.196 e. The molecule has 0 saturated heterocycles. The Labute approximate surface area is 103 Å². The van der Waals surface area contributed by atoms with Gasteiger partial charge in [-0.05, 0) is 26.0 Å². The Morgan fingerprint density at radius 1 is 1.41 bits per heavy atom. The highest BCUT2D eigenvalue weighted by Crippen LogP contribution is 2.11. The van der Waals surface area contributed by atoms with E-state index in [1.165, 1.54) is 0 Å². The Bertz CT molecular complexity index is 351. The summed E-state index contributed by atoms with van der Waals surface area (Å²) in [6.45, 7) is 5.57. The van der Waals surface area contributed by atoms with E-state index >= 15 is 0 Å². The lowest BCUT2D eigenvalue weighted by molar-refractivity contribution is 0.137. The first kappa shape index (κ1) is 13.5. The number of methoxy groups -OCH3 is 1. The minimum atomic E-state index is 0.220. The van der Waals surface area contributed by atoms with Crippen LogP contribution in [-0.2, 0) is 4.74 Å². The van der Waals surface area contributed by atoms with Gasteiger partial charge in [0.2, 0.25) is 0 Å². The van der Waals surface area contributed by atoms with Gasteiger partial charge in [0.1, 0.15) is 0 Å². The van der Waals surface area contributed by atoms with E-state index in [1.807, 2.05) is 35.2 Å². The molecule has 1 unspecified atom stereocenters. The van der Waals surface area contributed by atoms with E-state index in [1.54, 1.807) is 7.11 Å². The quantitative estimate of drug-likeness (QED) is 0.627. The number of likely N-dealkylation sites (N-methyl/N-ethyl adjacent to an activating group) is 1. The molecule has 0 heterocycles. The molecule has 0 aliphatic heterocycles. The molecule has 1 aromatic rings. The molecule has 0 saturated carbocycles. The molecular formula is C13H21N3O. The second-order valence-corrected chi connectivity index (χ2v) is 3.90. The predicted molar refractivity (Wildman–Crippen MR) is 71.4 cm³/mol. The van der Waals surface area contributed by atoms with Crippen LogP contribution in [-0.4, -0.2) is 37.2 Å². The molecule has 4 heteroatoms. The van der Waals surface area contributed by atoms with E-state index in [0.717, 1.165) is 12.2 Å². The maximum Gasteiger partial charge on any atom is 0.196 e. The molecule has 1 rings (SSSR count). The van der Waals surface area contributed by atoms with Gasteiger partial charge in [-0.15, -0.1) is 0 Å². The van der Waals surface area contributed by atoms with Crippen LogP contribution in [0.15, 0.2) is 35.3 Å². The normalized spacial score (nSPS) is 13.5. The van der Waals surface area contributed by atoms with E-state index < -0.39 is 0 Å². The van der Waals surface area contributed by atoms with Crippen LogP contribution in [0.5, 0.6) is 0 Å². The van der Waals surface area contributed by atoms with Crippen molar-refractivity contribution < 1.29 is 4.74 Å². The zero-order valence-electron chi connectivity index (χ0n) is 10.8. The lowest BCUT2D eigenvalue weighted by Crippen LogP contribution is -2.45. The van der Waals surface area contributed by atoms with Crippen LogP contribution in [0.3, 0.4) is 0 Å². The molecule has 0 spiro atoms. The van der Waals surface area contributed by atoms with E-state index in [0.29, 0.717) is 12.6 Å². The average molecular weight is 235 g/mol. The van der Waals surface area contributed by atoms with E-state index in [2.05, 4.69) is 18.8 Å². The minimum absolute atomic E-state index is 0.220. The van der Waals surface area contributed by atoms with Crippen molar-refractivity contribution in [3.63, 3.8) is 0 Å². The number of ether oxygens (including phenoxy) is 1. The molecule has 0 aliphatic rings.